The Kier molecular flexibility index (Phi) is 6.42. The molecule has 0 atom stereocenters. The van der Waals surface area contributed by atoms with Gasteiger partial charge in [0, 0.05) is 5.56 Å². The second kappa shape index (κ2) is 10.9. The van der Waals surface area contributed by atoms with E-state index in [1.165, 1.54) is 4.70 Å². The molecule has 0 saturated heterocycles. The molecule has 0 amide bonds. The van der Waals surface area contributed by atoms with Crippen LogP contribution in [0.2, 0.25) is 0 Å². The number of aromatic nitrogens is 1. The number of hydrogen-bond donors (Lipinski definition) is 0. The highest BCUT2D eigenvalue weighted by Crippen LogP contribution is 2.37. The van der Waals surface area contributed by atoms with E-state index in [0.29, 0.717) is 11.1 Å². The van der Waals surface area contributed by atoms with Gasteiger partial charge >= 0.3 is 0 Å². The van der Waals surface area contributed by atoms with Gasteiger partial charge in [0.15, 0.2) is 0 Å². The number of benzene rings is 7. The minimum absolute atomic E-state index is 0.659. The van der Waals surface area contributed by atoms with Crippen LogP contribution in [-0.4, -0.2) is 4.98 Å². The Morgan fingerprint density at radius 3 is 1.44 bits per heavy atom. The van der Waals surface area contributed by atoms with Crippen LogP contribution in [-0.2, 0) is 0 Å². The van der Waals surface area contributed by atoms with E-state index in [2.05, 4.69) is 109 Å². The fourth-order valence-electron chi connectivity index (χ4n) is 5.92. The predicted octanol–water partition coefficient (Wildman–Crippen LogP) is 11.0. The minimum atomic E-state index is 0.659. The van der Waals surface area contributed by atoms with Crippen LogP contribution in [0.5, 0.6) is 0 Å². The van der Waals surface area contributed by atoms with Crippen LogP contribution in [0, 0.1) is 22.7 Å². The zero-order valence-corrected chi connectivity index (χ0v) is 24.8. The van der Waals surface area contributed by atoms with Gasteiger partial charge in [-0.15, -0.1) is 11.3 Å². The van der Waals surface area contributed by atoms with E-state index in [4.69, 9.17) is 4.98 Å². The SMILES string of the molecule is N#Cc1ccc2cc(-c3cc(-c4ccc(-c5nc6ccccc6s5)cc4)cc(-c4ccc5cc(C#N)ccc5c4)c3)ccc2c1. The molecular formula is C41H23N3S. The average molecular weight is 590 g/mol. The molecule has 0 spiro atoms. The number of para-hydroxylation sites is 1. The third-order valence-electron chi connectivity index (χ3n) is 8.30. The highest BCUT2D eigenvalue weighted by atomic mass is 32.1. The van der Waals surface area contributed by atoms with Crippen molar-refractivity contribution in [3.63, 3.8) is 0 Å². The van der Waals surface area contributed by atoms with Crippen LogP contribution < -0.4 is 0 Å². The number of nitrogens with zero attached hydrogens (tertiary/aromatic N) is 3. The summed E-state index contributed by atoms with van der Waals surface area (Å²) < 4.78 is 1.19. The summed E-state index contributed by atoms with van der Waals surface area (Å²) in [6.45, 7) is 0. The first-order chi connectivity index (χ1) is 22.1. The number of fused-ring (bicyclic) bond motifs is 3. The normalized spacial score (nSPS) is 11.1. The second-order valence-electron chi connectivity index (χ2n) is 11.1. The standard InChI is InChI=1S/C41H23N3S/c42-24-26-5-7-32-19-34(15-13-30(32)17-26)37-21-36(22-38(23-37)35-16-14-31-18-27(25-43)6-8-33(31)20-35)28-9-11-29(12-10-28)41-44-39-3-1-2-4-40(39)45-41/h1-23H. The zero-order chi connectivity index (χ0) is 30.3. The molecule has 7 aromatic carbocycles. The molecule has 0 N–H and O–H groups in total. The van der Waals surface area contributed by atoms with Gasteiger partial charge in [0.2, 0.25) is 0 Å². The highest BCUT2D eigenvalue weighted by Gasteiger charge is 2.11. The molecule has 4 heteroatoms. The summed E-state index contributed by atoms with van der Waals surface area (Å²) in [6.07, 6.45) is 0. The lowest BCUT2D eigenvalue weighted by Gasteiger charge is -2.13. The lowest BCUT2D eigenvalue weighted by molar-refractivity contribution is 1.47. The Hall–Kier alpha value is -6.07. The van der Waals surface area contributed by atoms with Crippen molar-refractivity contribution in [2.45, 2.75) is 0 Å². The lowest BCUT2D eigenvalue weighted by atomic mass is 9.91. The van der Waals surface area contributed by atoms with Crippen molar-refractivity contribution in [3.8, 4) is 56.1 Å². The maximum absolute atomic E-state index is 9.35. The van der Waals surface area contributed by atoms with Crippen LogP contribution >= 0.6 is 11.3 Å². The summed E-state index contributed by atoms with van der Waals surface area (Å²) in [7, 11) is 0. The lowest BCUT2D eigenvalue weighted by Crippen LogP contribution is -1.88. The van der Waals surface area contributed by atoms with Gasteiger partial charge in [0.1, 0.15) is 5.01 Å². The van der Waals surface area contributed by atoms with Crippen LogP contribution in [0.4, 0.5) is 0 Å². The Balaban J connectivity index is 1.25. The van der Waals surface area contributed by atoms with Crippen LogP contribution in [0.25, 0.3) is 75.7 Å². The molecule has 1 heterocycles. The molecule has 0 bridgehead atoms. The third-order valence-corrected chi connectivity index (χ3v) is 9.38. The first kappa shape index (κ1) is 26.5. The van der Waals surface area contributed by atoms with E-state index in [1.807, 2.05) is 42.5 Å². The summed E-state index contributed by atoms with van der Waals surface area (Å²) in [5.74, 6) is 0. The van der Waals surface area contributed by atoms with Crippen molar-refractivity contribution in [3.05, 3.63) is 151 Å². The largest absolute Gasteiger partial charge is 0.236 e. The van der Waals surface area contributed by atoms with Crippen LogP contribution in [0.1, 0.15) is 11.1 Å². The maximum atomic E-state index is 9.35. The highest BCUT2D eigenvalue weighted by molar-refractivity contribution is 7.21. The maximum Gasteiger partial charge on any atom is 0.124 e. The molecule has 0 fully saturated rings. The number of thiazole rings is 1. The molecule has 208 valence electrons. The molecule has 0 unspecified atom stereocenters. The van der Waals surface area contributed by atoms with Gasteiger partial charge in [0.05, 0.1) is 33.5 Å². The molecule has 0 radical (unpaired) electrons. The first-order valence-electron chi connectivity index (χ1n) is 14.6. The van der Waals surface area contributed by atoms with Crippen LogP contribution in [0.3, 0.4) is 0 Å². The number of nitriles is 2. The molecule has 0 aliphatic carbocycles. The van der Waals surface area contributed by atoms with Crippen LogP contribution in [0.15, 0.2) is 140 Å². The predicted molar refractivity (Wildman–Crippen MR) is 186 cm³/mol. The van der Waals surface area contributed by atoms with Gasteiger partial charge < -0.3 is 0 Å². The fourth-order valence-corrected chi connectivity index (χ4v) is 6.89. The third kappa shape index (κ3) is 5.00. The molecule has 3 nitrogen and oxygen atoms in total. The van der Waals surface area contributed by atoms with E-state index >= 15 is 0 Å². The van der Waals surface area contributed by atoms with E-state index in [1.54, 1.807) is 11.3 Å². The van der Waals surface area contributed by atoms with Gasteiger partial charge in [0.25, 0.3) is 0 Å². The Morgan fingerprint density at radius 2 is 0.889 bits per heavy atom. The summed E-state index contributed by atoms with van der Waals surface area (Å²) in [4.78, 5) is 4.85. The summed E-state index contributed by atoms with van der Waals surface area (Å²) in [5, 5.41) is 24.0. The van der Waals surface area contributed by atoms with Crippen molar-refractivity contribution < 1.29 is 0 Å². The average Bonchev–Trinajstić information content (AvgIpc) is 3.55. The van der Waals surface area contributed by atoms with Crippen molar-refractivity contribution in [2.24, 2.45) is 0 Å². The number of hydrogen-bond acceptors (Lipinski definition) is 4. The Bertz CT molecular complexity index is 2360. The van der Waals surface area contributed by atoms with Crippen molar-refractivity contribution in [2.75, 3.05) is 0 Å². The van der Waals surface area contributed by atoms with E-state index in [9.17, 15) is 10.5 Å². The summed E-state index contributed by atoms with van der Waals surface area (Å²) in [6, 6.07) is 52.6. The van der Waals surface area contributed by atoms with Crippen molar-refractivity contribution >= 4 is 43.1 Å². The van der Waals surface area contributed by atoms with Crippen molar-refractivity contribution in [1.82, 2.24) is 4.98 Å². The zero-order valence-electron chi connectivity index (χ0n) is 24.0. The Morgan fingerprint density at radius 1 is 0.422 bits per heavy atom. The molecule has 8 rings (SSSR count). The minimum Gasteiger partial charge on any atom is -0.236 e. The molecule has 0 saturated carbocycles. The Labute approximate surface area is 264 Å². The van der Waals surface area contributed by atoms with Gasteiger partial charge in [-0.05, 0) is 122 Å². The van der Waals surface area contributed by atoms with E-state index < -0.39 is 0 Å². The molecule has 0 aliphatic heterocycles. The van der Waals surface area contributed by atoms with E-state index in [-0.39, 0.29) is 0 Å². The number of rotatable bonds is 4. The molecule has 1 aromatic heterocycles. The topological polar surface area (TPSA) is 60.5 Å². The fraction of sp³-hybridized carbons (Fsp3) is 0. The molecule has 0 aliphatic rings. The first-order valence-corrected chi connectivity index (χ1v) is 15.5. The van der Waals surface area contributed by atoms with Gasteiger partial charge in [-0.3, -0.25) is 0 Å². The van der Waals surface area contributed by atoms with E-state index in [0.717, 1.165) is 71.0 Å². The molecular weight excluding hydrogens is 567 g/mol. The van der Waals surface area contributed by atoms with Gasteiger partial charge in [-0.25, -0.2) is 4.98 Å². The summed E-state index contributed by atoms with van der Waals surface area (Å²) in [5.41, 5.74) is 10.2. The monoisotopic (exact) mass is 589 g/mol. The summed E-state index contributed by atoms with van der Waals surface area (Å²) >= 11 is 1.71. The molecule has 8 aromatic rings. The quantitative estimate of drug-likeness (QED) is 0.205. The smallest absolute Gasteiger partial charge is 0.124 e. The second-order valence-corrected chi connectivity index (χ2v) is 12.2. The molecule has 45 heavy (non-hydrogen) atoms. The van der Waals surface area contributed by atoms with Crippen molar-refractivity contribution in [1.29, 1.82) is 10.5 Å². The van der Waals surface area contributed by atoms with Gasteiger partial charge in [-0.1, -0.05) is 72.8 Å². The van der Waals surface area contributed by atoms with Gasteiger partial charge in [-0.2, -0.15) is 10.5 Å².